The number of halogens is 2. The minimum Gasteiger partial charge on any atom is -0.434 e. The maximum Gasteiger partial charge on any atom is 0.387 e. The summed E-state index contributed by atoms with van der Waals surface area (Å²) in [6.07, 6.45) is 6.86. The van der Waals surface area contributed by atoms with E-state index in [0.717, 1.165) is 30.4 Å². The molecule has 3 aromatic rings. The second-order valence-electron chi connectivity index (χ2n) is 8.59. The van der Waals surface area contributed by atoms with E-state index in [9.17, 15) is 18.4 Å². The van der Waals surface area contributed by atoms with Crippen LogP contribution >= 0.6 is 0 Å². The van der Waals surface area contributed by atoms with Gasteiger partial charge in [0.2, 0.25) is 12.4 Å². The number of carbonyl (C=O) groups is 2. The molecule has 4 N–H and O–H groups in total. The number of hydrogen-bond acceptors (Lipinski definition) is 7. The van der Waals surface area contributed by atoms with E-state index >= 15 is 0 Å². The Morgan fingerprint density at radius 2 is 1.84 bits per heavy atom. The molecule has 0 fully saturated rings. The number of anilines is 2. The summed E-state index contributed by atoms with van der Waals surface area (Å²) in [5, 5.41) is 11.7. The van der Waals surface area contributed by atoms with Crippen molar-refractivity contribution in [1.82, 2.24) is 20.6 Å². The third-order valence-electron chi connectivity index (χ3n) is 5.80. The van der Waals surface area contributed by atoms with Crippen molar-refractivity contribution < 1.29 is 23.1 Å². The SMILES string of the molecule is CNC(=O)c1ccc(-c2cnc(NC(C)CCCCNC=O)nc2)cc1NCc1ccccc1OC(F)F. The van der Waals surface area contributed by atoms with Gasteiger partial charge in [0.05, 0.1) is 5.56 Å². The molecule has 1 heterocycles. The quantitative estimate of drug-likeness (QED) is 0.171. The average Bonchev–Trinajstić information content (AvgIpc) is 2.92. The maximum absolute atomic E-state index is 12.8. The van der Waals surface area contributed by atoms with Crippen LogP contribution in [-0.4, -0.2) is 48.5 Å². The van der Waals surface area contributed by atoms with Gasteiger partial charge in [-0.1, -0.05) is 24.3 Å². The molecular formula is C27H32F2N6O3. The second kappa shape index (κ2) is 14.5. The summed E-state index contributed by atoms with van der Waals surface area (Å²) >= 11 is 0. The highest BCUT2D eigenvalue weighted by molar-refractivity contribution is 6.00. The number of amides is 2. The van der Waals surface area contributed by atoms with Gasteiger partial charge in [-0.05, 0) is 49.9 Å². The molecule has 1 atom stereocenters. The summed E-state index contributed by atoms with van der Waals surface area (Å²) in [7, 11) is 1.54. The zero-order chi connectivity index (χ0) is 27.3. The van der Waals surface area contributed by atoms with Crippen LogP contribution in [0.5, 0.6) is 5.75 Å². The van der Waals surface area contributed by atoms with Gasteiger partial charge in [0, 0.05) is 55.4 Å². The first-order chi connectivity index (χ1) is 18.4. The Labute approximate surface area is 220 Å². The second-order valence-corrected chi connectivity index (χ2v) is 8.59. The fraction of sp³-hybridized carbons (Fsp3) is 0.333. The lowest BCUT2D eigenvalue weighted by molar-refractivity contribution is -0.109. The number of para-hydroxylation sites is 1. The van der Waals surface area contributed by atoms with E-state index in [1.807, 2.05) is 6.92 Å². The van der Waals surface area contributed by atoms with Gasteiger partial charge in [0.15, 0.2) is 0 Å². The Bertz CT molecular complexity index is 1190. The molecule has 0 bridgehead atoms. The number of unbranched alkanes of at least 4 members (excludes halogenated alkanes) is 1. The average molecular weight is 527 g/mol. The van der Waals surface area contributed by atoms with E-state index in [0.29, 0.717) is 35.7 Å². The first kappa shape index (κ1) is 28.3. The highest BCUT2D eigenvalue weighted by Gasteiger charge is 2.14. The molecule has 202 valence electrons. The first-order valence-electron chi connectivity index (χ1n) is 12.3. The van der Waals surface area contributed by atoms with Crippen LogP contribution in [0, 0.1) is 0 Å². The highest BCUT2D eigenvalue weighted by atomic mass is 19.3. The van der Waals surface area contributed by atoms with Crippen molar-refractivity contribution in [1.29, 1.82) is 0 Å². The number of rotatable bonds is 15. The Kier molecular flexibility index (Phi) is 10.8. The number of alkyl halides is 2. The van der Waals surface area contributed by atoms with Crippen LogP contribution in [0.15, 0.2) is 54.9 Å². The number of hydrogen-bond donors (Lipinski definition) is 4. The van der Waals surface area contributed by atoms with E-state index in [1.54, 1.807) is 48.8 Å². The van der Waals surface area contributed by atoms with Crippen LogP contribution in [0.2, 0.25) is 0 Å². The maximum atomic E-state index is 12.8. The van der Waals surface area contributed by atoms with Crippen molar-refractivity contribution in [2.24, 2.45) is 0 Å². The van der Waals surface area contributed by atoms with Gasteiger partial charge in [-0.25, -0.2) is 9.97 Å². The van der Waals surface area contributed by atoms with Gasteiger partial charge in [0.25, 0.3) is 5.91 Å². The van der Waals surface area contributed by atoms with Crippen LogP contribution < -0.4 is 26.0 Å². The molecule has 0 spiro atoms. The standard InChI is InChI=1S/C27H32F2N6O3/c1-18(7-5-6-12-31-17-36)35-27-33-15-21(16-34-27)19-10-11-22(25(37)30-2)23(13-19)32-14-20-8-3-4-9-24(20)38-26(28)29/h3-4,8-11,13,15-18,26,32H,5-7,12,14H2,1-2H3,(H,30,37)(H,31,36)(H,33,34,35). The van der Waals surface area contributed by atoms with Gasteiger partial charge in [0.1, 0.15) is 5.75 Å². The van der Waals surface area contributed by atoms with E-state index in [-0.39, 0.29) is 24.2 Å². The molecule has 3 rings (SSSR count). The molecule has 0 aliphatic heterocycles. The van der Waals surface area contributed by atoms with Crippen molar-refractivity contribution in [3.63, 3.8) is 0 Å². The lowest BCUT2D eigenvalue weighted by Crippen LogP contribution is -2.20. The minimum atomic E-state index is -2.94. The van der Waals surface area contributed by atoms with Crippen LogP contribution in [0.1, 0.15) is 42.1 Å². The Morgan fingerprint density at radius 3 is 2.55 bits per heavy atom. The number of carbonyl (C=O) groups excluding carboxylic acids is 2. The molecule has 0 radical (unpaired) electrons. The molecule has 2 amide bonds. The van der Waals surface area contributed by atoms with Crippen molar-refractivity contribution in [2.45, 2.75) is 45.4 Å². The molecule has 0 aliphatic rings. The van der Waals surface area contributed by atoms with E-state index in [2.05, 4.69) is 36.0 Å². The molecule has 38 heavy (non-hydrogen) atoms. The molecule has 1 unspecified atom stereocenters. The molecular weight excluding hydrogens is 494 g/mol. The van der Waals surface area contributed by atoms with E-state index in [1.165, 1.54) is 13.1 Å². The molecule has 1 aromatic heterocycles. The van der Waals surface area contributed by atoms with Gasteiger partial charge >= 0.3 is 6.61 Å². The van der Waals surface area contributed by atoms with Gasteiger partial charge in [-0.3, -0.25) is 9.59 Å². The van der Waals surface area contributed by atoms with Crippen molar-refractivity contribution >= 4 is 24.0 Å². The summed E-state index contributed by atoms with van der Waals surface area (Å²) in [5.74, 6) is 0.280. The largest absolute Gasteiger partial charge is 0.434 e. The number of aromatic nitrogens is 2. The summed E-state index contributed by atoms with van der Waals surface area (Å²) < 4.78 is 30.2. The molecule has 0 saturated carbocycles. The van der Waals surface area contributed by atoms with Crippen LogP contribution in [-0.2, 0) is 11.3 Å². The third-order valence-corrected chi connectivity index (χ3v) is 5.80. The van der Waals surface area contributed by atoms with E-state index in [4.69, 9.17) is 0 Å². The molecule has 2 aromatic carbocycles. The number of nitrogens with zero attached hydrogens (tertiary/aromatic N) is 2. The van der Waals surface area contributed by atoms with Crippen molar-refractivity contribution in [3.05, 3.63) is 66.0 Å². The fourth-order valence-electron chi connectivity index (χ4n) is 3.83. The summed E-state index contributed by atoms with van der Waals surface area (Å²) in [5.41, 5.74) is 2.97. The molecule has 0 saturated heterocycles. The lowest BCUT2D eigenvalue weighted by Gasteiger charge is -2.16. The molecule has 9 nitrogen and oxygen atoms in total. The molecule has 11 heteroatoms. The lowest BCUT2D eigenvalue weighted by atomic mass is 10.0. The Balaban J connectivity index is 1.72. The number of nitrogens with one attached hydrogen (secondary N) is 4. The highest BCUT2D eigenvalue weighted by Crippen LogP contribution is 2.28. The zero-order valence-electron chi connectivity index (χ0n) is 21.3. The Hall–Kier alpha value is -4.28. The summed E-state index contributed by atoms with van der Waals surface area (Å²) in [6.45, 7) is -0.0667. The van der Waals surface area contributed by atoms with Crippen molar-refractivity contribution in [3.8, 4) is 16.9 Å². The van der Waals surface area contributed by atoms with E-state index < -0.39 is 6.61 Å². The topological polar surface area (TPSA) is 117 Å². The van der Waals surface area contributed by atoms with Gasteiger partial charge in [-0.15, -0.1) is 0 Å². The zero-order valence-corrected chi connectivity index (χ0v) is 21.3. The molecule has 0 aliphatic carbocycles. The third kappa shape index (κ3) is 8.39. The Morgan fingerprint density at radius 1 is 1.08 bits per heavy atom. The minimum absolute atomic E-state index is 0.0657. The van der Waals surface area contributed by atoms with Crippen LogP contribution in [0.25, 0.3) is 11.1 Å². The predicted molar refractivity (Wildman–Crippen MR) is 142 cm³/mol. The van der Waals surface area contributed by atoms with Gasteiger partial charge in [-0.2, -0.15) is 8.78 Å². The number of benzene rings is 2. The fourth-order valence-corrected chi connectivity index (χ4v) is 3.83. The summed E-state index contributed by atoms with van der Waals surface area (Å²) in [4.78, 5) is 31.6. The summed E-state index contributed by atoms with van der Waals surface area (Å²) in [6, 6.07) is 11.9. The normalized spacial score (nSPS) is 11.5. The smallest absolute Gasteiger partial charge is 0.387 e. The first-order valence-corrected chi connectivity index (χ1v) is 12.3. The monoisotopic (exact) mass is 526 g/mol. The predicted octanol–water partition coefficient (Wildman–Crippen LogP) is 4.43. The van der Waals surface area contributed by atoms with Gasteiger partial charge < -0.3 is 26.0 Å². The number of ether oxygens (including phenoxy) is 1. The van der Waals surface area contributed by atoms with Crippen LogP contribution in [0.3, 0.4) is 0 Å². The van der Waals surface area contributed by atoms with Crippen molar-refractivity contribution in [2.75, 3.05) is 24.2 Å². The van der Waals surface area contributed by atoms with Crippen LogP contribution in [0.4, 0.5) is 20.4 Å².